The minimum absolute atomic E-state index is 0.0407. The van der Waals surface area contributed by atoms with Crippen molar-refractivity contribution in [2.45, 2.75) is 52.3 Å². The number of hydrogen-bond acceptors (Lipinski definition) is 6. The predicted molar refractivity (Wildman–Crippen MR) is 165 cm³/mol. The fourth-order valence-electron chi connectivity index (χ4n) is 5.20. The minimum atomic E-state index is -0.786. The van der Waals surface area contributed by atoms with Crippen molar-refractivity contribution in [2.24, 2.45) is 0 Å². The standard InChI is InChI=1S/C36H36N2O5/c1-3-4-5-20-42-30-15-11-28(12-16-30)33-32(35(40)36(41)38(33)23-27-10-7-19-37-22-27)34(39)29-13-17-31(18-14-29)43-24-26-9-6-8-25(2)21-26/h6-19,21-22,33,39H,3-5,20,23-24H2,1-2H3/b34-32+. The average molecular weight is 577 g/mol. The summed E-state index contributed by atoms with van der Waals surface area (Å²) in [4.78, 5) is 32.5. The number of aromatic nitrogens is 1. The van der Waals surface area contributed by atoms with E-state index in [9.17, 15) is 14.7 Å². The van der Waals surface area contributed by atoms with E-state index in [1.165, 1.54) is 4.90 Å². The molecule has 1 amide bonds. The number of carbonyl (C=O) groups excluding carboxylic acids is 2. The fourth-order valence-corrected chi connectivity index (χ4v) is 5.20. The summed E-state index contributed by atoms with van der Waals surface area (Å²) in [5, 5.41) is 11.5. The van der Waals surface area contributed by atoms with Crippen LogP contribution in [0.3, 0.4) is 0 Å². The number of amides is 1. The number of unbranched alkanes of at least 4 members (excludes halogenated alkanes) is 2. The van der Waals surface area contributed by atoms with Gasteiger partial charge in [-0.15, -0.1) is 0 Å². The van der Waals surface area contributed by atoms with Gasteiger partial charge < -0.3 is 19.5 Å². The topological polar surface area (TPSA) is 89.0 Å². The van der Waals surface area contributed by atoms with Crippen LogP contribution in [0.2, 0.25) is 0 Å². The molecule has 1 aliphatic rings. The molecule has 1 aliphatic heterocycles. The monoisotopic (exact) mass is 576 g/mol. The molecule has 1 N–H and O–H groups in total. The summed E-state index contributed by atoms with van der Waals surface area (Å²) in [6.45, 7) is 5.38. The number of Topliss-reactive ketones (excluding diaryl/α,β-unsaturated/α-hetero) is 1. The Morgan fingerprint density at radius 3 is 2.30 bits per heavy atom. The maximum absolute atomic E-state index is 13.5. The molecule has 220 valence electrons. The van der Waals surface area contributed by atoms with Crippen LogP contribution in [-0.2, 0) is 22.7 Å². The lowest BCUT2D eigenvalue weighted by atomic mass is 9.95. The Bertz CT molecular complexity index is 1580. The van der Waals surface area contributed by atoms with Crippen LogP contribution in [0.4, 0.5) is 0 Å². The molecule has 1 aromatic heterocycles. The number of aliphatic hydroxyl groups excluding tert-OH is 1. The van der Waals surface area contributed by atoms with E-state index in [0.717, 1.165) is 36.0 Å². The molecule has 7 heteroatoms. The van der Waals surface area contributed by atoms with Crippen LogP contribution >= 0.6 is 0 Å². The van der Waals surface area contributed by atoms with E-state index >= 15 is 0 Å². The number of benzene rings is 3. The van der Waals surface area contributed by atoms with Crippen molar-refractivity contribution in [1.82, 2.24) is 9.88 Å². The van der Waals surface area contributed by atoms with Crippen LogP contribution in [-0.4, -0.2) is 33.3 Å². The van der Waals surface area contributed by atoms with E-state index in [1.807, 2.05) is 55.5 Å². The van der Waals surface area contributed by atoms with Crippen molar-refractivity contribution in [3.05, 3.63) is 131 Å². The first-order valence-corrected chi connectivity index (χ1v) is 14.6. The zero-order valence-electron chi connectivity index (χ0n) is 24.5. The summed E-state index contributed by atoms with van der Waals surface area (Å²) in [6.07, 6.45) is 6.50. The molecule has 0 saturated carbocycles. The Labute approximate surface area is 252 Å². The van der Waals surface area contributed by atoms with Gasteiger partial charge in [0, 0.05) is 24.5 Å². The third-order valence-electron chi connectivity index (χ3n) is 7.44. The molecule has 0 bridgehead atoms. The molecule has 4 aromatic rings. The summed E-state index contributed by atoms with van der Waals surface area (Å²) in [6, 6.07) is 25.2. The Kier molecular flexibility index (Phi) is 9.52. The molecule has 1 atom stereocenters. The van der Waals surface area contributed by atoms with Gasteiger partial charge in [-0.2, -0.15) is 0 Å². The SMILES string of the molecule is CCCCCOc1ccc(C2/C(=C(\O)c3ccc(OCc4cccc(C)c4)cc3)C(=O)C(=O)N2Cc2cccnc2)cc1. The number of rotatable bonds is 12. The van der Waals surface area contributed by atoms with Crippen LogP contribution in [0, 0.1) is 6.92 Å². The molecule has 1 unspecified atom stereocenters. The van der Waals surface area contributed by atoms with Crippen molar-refractivity contribution in [2.75, 3.05) is 6.61 Å². The van der Waals surface area contributed by atoms with Crippen LogP contribution in [0.5, 0.6) is 11.5 Å². The molecule has 0 radical (unpaired) electrons. The molecule has 2 heterocycles. The van der Waals surface area contributed by atoms with Gasteiger partial charge in [-0.25, -0.2) is 0 Å². The van der Waals surface area contributed by atoms with Crippen molar-refractivity contribution in [3.63, 3.8) is 0 Å². The van der Waals surface area contributed by atoms with Gasteiger partial charge >= 0.3 is 0 Å². The fraction of sp³-hybridized carbons (Fsp3) is 0.250. The number of aliphatic hydroxyl groups is 1. The third kappa shape index (κ3) is 7.12. The van der Waals surface area contributed by atoms with Gasteiger partial charge in [0.25, 0.3) is 11.7 Å². The molecular formula is C36H36N2O5. The zero-order chi connectivity index (χ0) is 30.2. The Balaban J connectivity index is 1.43. The van der Waals surface area contributed by atoms with E-state index in [-0.39, 0.29) is 17.9 Å². The van der Waals surface area contributed by atoms with Crippen molar-refractivity contribution >= 4 is 17.4 Å². The van der Waals surface area contributed by atoms with Gasteiger partial charge in [-0.1, -0.05) is 67.8 Å². The van der Waals surface area contributed by atoms with E-state index in [4.69, 9.17) is 9.47 Å². The van der Waals surface area contributed by atoms with Gasteiger partial charge in [0.15, 0.2) is 0 Å². The number of carbonyl (C=O) groups is 2. The van der Waals surface area contributed by atoms with Gasteiger partial charge in [0.2, 0.25) is 0 Å². The Hall–Kier alpha value is -4.91. The third-order valence-corrected chi connectivity index (χ3v) is 7.44. The molecular weight excluding hydrogens is 540 g/mol. The van der Waals surface area contributed by atoms with Gasteiger partial charge in [-0.3, -0.25) is 14.6 Å². The molecule has 1 fully saturated rings. The first kappa shape index (κ1) is 29.6. The maximum Gasteiger partial charge on any atom is 0.295 e. The summed E-state index contributed by atoms with van der Waals surface area (Å²) in [5.41, 5.74) is 4.15. The normalized spacial score (nSPS) is 16.0. The number of nitrogens with zero attached hydrogens (tertiary/aromatic N) is 2. The van der Waals surface area contributed by atoms with E-state index in [0.29, 0.717) is 35.8 Å². The predicted octanol–water partition coefficient (Wildman–Crippen LogP) is 7.16. The highest BCUT2D eigenvalue weighted by Crippen LogP contribution is 2.41. The quantitative estimate of drug-likeness (QED) is 0.0833. The summed E-state index contributed by atoms with van der Waals surface area (Å²) < 4.78 is 11.8. The lowest BCUT2D eigenvalue weighted by molar-refractivity contribution is -0.140. The van der Waals surface area contributed by atoms with Crippen LogP contribution in [0.1, 0.15) is 60.0 Å². The highest BCUT2D eigenvalue weighted by Gasteiger charge is 2.46. The number of likely N-dealkylation sites (tertiary alicyclic amines) is 1. The number of ketones is 1. The zero-order valence-corrected chi connectivity index (χ0v) is 24.5. The molecule has 5 rings (SSSR count). The molecule has 1 saturated heterocycles. The van der Waals surface area contributed by atoms with E-state index in [2.05, 4.69) is 18.0 Å². The highest BCUT2D eigenvalue weighted by molar-refractivity contribution is 6.46. The lowest BCUT2D eigenvalue weighted by Gasteiger charge is -2.25. The molecule has 7 nitrogen and oxygen atoms in total. The molecule has 43 heavy (non-hydrogen) atoms. The molecule has 0 aliphatic carbocycles. The van der Waals surface area contributed by atoms with Gasteiger partial charge in [0.1, 0.15) is 23.9 Å². The first-order valence-electron chi connectivity index (χ1n) is 14.6. The molecule has 0 spiro atoms. The number of aryl methyl sites for hydroxylation is 1. The van der Waals surface area contributed by atoms with Crippen LogP contribution < -0.4 is 9.47 Å². The van der Waals surface area contributed by atoms with E-state index in [1.54, 1.807) is 42.7 Å². The second-order valence-corrected chi connectivity index (χ2v) is 10.7. The smallest absolute Gasteiger partial charge is 0.295 e. The van der Waals surface area contributed by atoms with Crippen molar-refractivity contribution in [1.29, 1.82) is 0 Å². The van der Waals surface area contributed by atoms with Crippen LogP contribution in [0.15, 0.2) is 103 Å². The van der Waals surface area contributed by atoms with Crippen molar-refractivity contribution in [3.8, 4) is 11.5 Å². The van der Waals surface area contributed by atoms with Crippen LogP contribution in [0.25, 0.3) is 5.76 Å². The Morgan fingerprint density at radius 2 is 1.60 bits per heavy atom. The Morgan fingerprint density at radius 1 is 0.884 bits per heavy atom. The molecule has 3 aromatic carbocycles. The van der Waals surface area contributed by atoms with E-state index < -0.39 is 17.7 Å². The summed E-state index contributed by atoms with van der Waals surface area (Å²) >= 11 is 0. The van der Waals surface area contributed by atoms with Crippen molar-refractivity contribution < 1.29 is 24.2 Å². The number of pyridine rings is 1. The largest absolute Gasteiger partial charge is 0.507 e. The summed E-state index contributed by atoms with van der Waals surface area (Å²) in [5.74, 6) is -0.298. The lowest BCUT2D eigenvalue weighted by Crippen LogP contribution is -2.29. The maximum atomic E-state index is 13.5. The second kappa shape index (κ2) is 13.8. The highest BCUT2D eigenvalue weighted by atomic mass is 16.5. The number of hydrogen-bond donors (Lipinski definition) is 1. The average Bonchev–Trinajstić information content (AvgIpc) is 3.28. The minimum Gasteiger partial charge on any atom is -0.507 e. The first-order chi connectivity index (χ1) is 20.9. The summed E-state index contributed by atoms with van der Waals surface area (Å²) in [7, 11) is 0. The van der Waals surface area contributed by atoms with Gasteiger partial charge in [-0.05, 0) is 72.5 Å². The van der Waals surface area contributed by atoms with Gasteiger partial charge in [0.05, 0.1) is 18.2 Å². The second-order valence-electron chi connectivity index (χ2n) is 10.7. The number of ether oxygens (including phenoxy) is 2.